The Morgan fingerprint density at radius 1 is 0.256 bits per heavy atom. The summed E-state index contributed by atoms with van der Waals surface area (Å²) in [7, 11) is 0. The summed E-state index contributed by atoms with van der Waals surface area (Å²) in [6.07, 6.45) is 95.3. The summed E-state index contributed by atoms with van der Waals surface area (Å²) in [5.74, 6) is -0.894. The maximum Gasteiger partial charge on any atom is 0.306 e. The van der Waals surface area contributed by atoms with Crippen LogP contribution in [0.2, 0.25) is 0 Å². The molecule has 0 rings (SSSR count). The highest BCUT2D eigenvalue weighted by atomic mass is 16.6. The Labute approximate surface area is 508 Å². The minimum Gasteiger partial charge on any atom is -0.462 e. The van der Waals surface area contributed by atoms with Crippen LogP contribution in [0, 0.1) is 0 Å². The maximum atomic E-state index is 13.0. The monoisotopic (exact) mass is 1140 g/mol. The van der Waals surface area contributed by atoms with E-state index in [1.165, 1.54) is 180 Å². The molecule has 0 bridgehead atoms. The predicted octanol–water partition coefficient (Wildman–Crippen LogP) is 24.2. The molecule has 0 aliphatic carbocycles. The van der Waals surface area contributed by atoms with Gasteiger partial charge in [-0.05, 0) is 128 Å². The maximum absolute atomic E-state index is 13.0. The van der Waals surface area contributed by atoms with Gasteiger partial charge in [-0.25, -0.2) is 0 Å². The molecule has 0 aromatic carbocycles. The van der Waals surface area contributed by atoms with Gasteiger partial charge in [0.15, 0.2) is 6.10 Å². The number of hydrogen-bond acceptors (Lipinski definition) is 6. The molecule has 0 amide bonds. The number of ether oxygens (including phenoxy) is 3. The quantitative estimate of drug-likeness (QED) is 0.0261. The van der Waals surface area contributed by atoms with E-state index in [2.05, 4.69) is 130 Å². The molecule has 0 aromatic rings. The van der Waals surface area contributed by atoms with Crippen LogP contribution in [0.3, 0.4) is 0 Å². The summed E-state index contributed by atoms with van der Waals surface area (Å²) in [5, 5.41) is 0. The van der Waals surface area contributed by atoms with Gasteiger partial charge >= 0.3 is 17.9 Å². The summed E-state index contributed by atoms with van der Waals surface area (Å²) in [6.45, 7) is 6.52. The van der Waals surface area contributed by atoms with Crippen molar-refractivity contribution in [2.75, 3.05) is 13.2 Å². The average Bonchev–Trinajstić information content (AvgIpc) is 3.47. The molecule has 0 radical (unpaired) electrons. The van der Waals surface area contributed by atoms with Crippen molar-refractivity contribution in [3.05, 3.63) is 109 Å². The van der Waals surface area contributed by atoms with Gasteiger partial charge in [0.25, 0.3) is 0 Å². The number of hydrogen-bond donors (Lipinski definition) is 0. The molecule has 0 aromatic heterocycles. The van der Waals surface area contributed by atoms with Crippen LogP contribution in [0.15, 0.2) is 109 Å². The molecule has 0 aliphatic rings. The van der Waals surface area contributed by atoms with Crippen molar-refractivity contribution in [3.63, 3.8) is 0 Å². The molecule has 0 N–H and O–H groups in total. The minimum absolute atomic E-state index is 0.0854. The highest BCUT2D eigenvalue weighted by Crippen LogP contribution is 2.16. The zero-order valence-electron chi connectivity index (χ0n) is 54.0. The lowest BCUT2D eigenvalue weighted by Crippen LogP contribution is -2.30. The second-order valence-electron chi connectivity index (χ2n) is 23.1. The molecule has 1 atom stereocenters. The van der Waals surface area contributed by atoms with E-state index in [9.17, 15) is 14.4 Å². The van der Waals surface area contributed by atoms with Gasteiger partial charge in [-0.3, -0.25) is 14.4 Å². The normalized spacial score (nSPS) is 12.8. The zero-order valence-corrected chi connectivity index (χ0v) is 54.0. The van der Waals surface area contributed by atoms with Crippen LogP contribution in [-0.4, -0.2) is 37.2 Å². The van der Waals surface area contributed by atoms with Crippen molar-refractivity contribution < 1.29 is 28.6 Å². The fourth-order valence-corrected chi connectivity index (χ4v) is 9.77. The number of allylic oxidation sites excluding steroid dienone is 18. The molecule has 0 fully saturated rings. The molecule has 6 heteroatoms. The summed E-state index contributed by atoms with van der Waals surface area (Å²) in [6, 6.07) is 0. The molecule has 0 spiro atoms. The van der Waals surface area contributed by atoms with Crippen molar-refractivity contribution >= 4 is 17.9 Å². The standard InChI is InChI=1S/C76H130O6/c1-4-7-10-13-16-19-22-25-28-31-33-35-36-37-38-39-40-42-43-45-48-51-54-57-60-63-66-69-75(78)81-72-73(71-80-74(77)68-65-62-59-56-53-50-47-30-27-24-21-18-15-12-9-6-3)82-76(79)70-67-64-61-58-55-52-49-46-44-41-34-32-29-26-23-20-17-14-11-8-5-2/h7,10,16,19,21,23-26,28,30,32-35,37-38,47,73H,4-6,8-9,11-15,17-18,20,22,27,29,31,36,39-46,48-72H2,1-3H3/b10-7-,19-16-,24-21-,26-23-,28-25-,34-32-,35-33-,38-37-,47-30-. The van der Waals surface area contributed by atoms with Crippen molar-refractivity contribution in [1.29, 1.82) is 0 Å². The first-order valence-electron chi connectivity index (χ1n) is 34.9. The van der Waals surface area contributed by atoms with Gasteiger partial charge in [-0.15, -0.1) is 0 Å². The van der Waals surface area contributed by atoms with Gasteiger partial charge in [-0.1, -0.05) is 297 Å². The van der Waals surface area contributed by atoms with E-state index < -0.39 is 6.10 Å². The third-order valence-electron chi connectivity index (χ3n) is 15.0. The Bertz CT molecular complexity index is 1640. The largest absolute Gasteiger partial charge is 0.462 e. The van der Waals surface area contributed by atoms with Crippen LogP contribution < -0.4 is 0 Å². The molecule has 82 heavy (non-hydrogen) atoms. The summed E-state index contributed by atoms with van der Waals surface area (Å²) in [4.78, 5) is 38.5. The number of rotatable bonds is 63. The number of esters is 3. The highest BCUT2D eigenvalue weighted by molar-refractivity contribution is 5.71. The number of unbranched alkanes of at least 4 members (excludes halogenated alkanes) is 34. The Morgan fingerprint density at radius 3 is 0.756 bits per heavy atom. The second kappa shape index (κ2) is 69.6. The van der Waals surface area contributed by atoms with Gasteiger partial charge < -0.3 is 14.2 Å². The molecular formula is C76H130O6. The van der Waals surface area contributed by atoms with Gasteiger partial charge in [0.2, 0.25) is 0 Å². The Kier molecular flexibility index (Phi) is 66.2. The third kappa shape index (κ3) is 66.9. The molecule has 0 saturated heterocycles. The fourth-order valence-electron chi connectivity index (χ4n) is 9.77. The van der Waals surface area contributed by atoms with Crippen LogP contribution in [0.25, 0.3) is 0 Å². The average molecular weight is 1140 g/mol. The molecule has 6 nitrogen and oxygen atoms in total. The zero-order chi connectivity index (χ0) is 59.2. The smallest absolute Gasteiger partial charge is 0.306 e. The molecule has 470 valence electrons. The molecule has 0 saturated carbocycles. The summed E-state index contributed by atoms with van der Waals surface area (Å²) in [5.41, 5.74) is 0. The lowest BCUT2D eigenvalue weighted by molar-refractivity contribution is -0.167. The summed E-state index contributed by atoms with van der Waals surface area (Å²) >= 11 is 0. The van der Waals surface area contributed by atoms with Crippen LogP contribution in [0.1, 0.15) is 335 Å². The van der Waals surface area contributed by atoms with E-state index in [0.717, 1.165) is 116 Å². The Hall–Kier alpha value is -3.93. The van der Waals surface area contributed by atoms with E-state index in [1.54, 1.807) is 0 Å². The summed E-state index contributed by atoms with van der Waals surface area (Å²) < 4.78 is 17.0. The first-order valence-corrected chi connectivity index (χ1v) is 34.9. The first-order chi connectivity index (χ1) is 40.5. The van der Waals surface area contributed by atoms with E-state index in [-0.39, 0.29) is 31.1 Å². The highest BCUT2D eigenvalue weighted by Gasteiger charge is 2.19. The van der Waals surface area contributed by atoms with E-state index in [4.69, 9.17) is 14.2 Å². The lowest BCUT2D eigenvalue weighted by atomic mass is 10.0. The first kappa shape index (κ1) is 78.1. The molecule has 0 aliphatic heterocycles. The Balaban J connectivity index is 4.36. The van der Waals surface area contributed by atoms with Crippen molar-refractivity contribution in [1.82, 2.24) is 0 Å². The van der Waals surface area contributed by atoms with Crippen molar-refractivity contribution in [3.8, 4) is 0 Å². The van der Waals surface area contributed by atoms with Crippen LogP contribution >= 0.6 is 0 Å². The number of carbonyl (C=O) groups is 3. The van der Waals surface area contributed by atoms with E-state index in [1.807, 2.05) is 0 Å². The van der Waals surface area contributed by atoms with Crippen molar-refractivity contribution in [2.24, 2.45) is 0 Å². The predicted molar refractivity (Wildman–Crippen MR) is 357 cm³/mol. The van der Waals surface area contributed by atoms with Crippen molar-refractivity contribution in [2.45, 2.75) is 341 Å². The molecular weight excluding hydrogens is 1010 g/mol. The third-order valence-corrected chi connectivity index (χ3v) is 15.0. The lowest BCUT2D eigenvalue weighted by Gasteiger charge is -2.18. The van der Waals surface area contributed by atoms with E-state index in [0.29, 0.717) is 19.3 Å². The van der Waals surface area contributed by atoms with Gasteiger partial charge in [0.1, 0.15) is 13.2 Å². The van der Waals surface area contributed by atoms with Crippen LogP contribution in [0.5, 0.6) is 0 Å². The van der Waals surface area contributed by atoms with Crippen LogP contribution in [0.4, 0.5) is 0 Å². The van der Waals surface area contributed by atoms with Gasteiger partial charge in [0.05, 0.1) is 0 Å². The fraction of sp³-hybridized carbons (Fsp3) is 0.724. The topological polar surface area (TPSA) is 78.9 Å². The SMILES string of the molecule is CC/C=C\C/C=C\C/C=C\C/C=C\C/C=C\CCCCCCCCCCCCCC(=O)OCC(COC(=O)CCCCCCC/C=C\C/C=C\CCCCCC)OC(=O)CCCCCCCCCCC/C=C\C/C=C\CCCCCCC. The van der Waals surface area contributed by atoms with E-state index >= 15 is 0 Å². The van der Waals surface area contributed by atoms with Crippen LogP contribution in [-0.2, 0) is 28.6 Å². The Morgan fingerprint density at radius 2 is 0.476 bits per heavy atom. The molecule has 1 unspecified atom stereocenters. The second-order valence-corrected chi connectivity index (χ2v) is 23.1. The minimum atomic E-state index is -0.791. The number of carbonyl (C=O) groups excluding carboxylic acids is 3. The molecule has 0 heterocycles. The van der Waals surface area contributed by atoms with Gasteiger partial charge in [0, 0.05) is 19.3 Å². The van der Waals surface area contributed by atoms with Gasteiger partial charge in [-0.2, -0.15) is 0 Å².